The van der Waals surface area contributed by atoms with Gasteiger partial charge in [0.05, 0.1) is 26.4 Å². The van der Waals surface area contributed by atoms with Crippen molar-refractivity contribution in [3.63, 3.8) is 0 Å². The van der Waals surface area contributed by atoms with Crippen molar-refractivity contribution in [3.05, 3.63) is 23.8 Å². The number of benzene rings is 1. The molecule has 92 valence electrons. The Morgan fingerprint density at radius 2 is 1.75 bits per heavy atom. The summed E-state index contributed by atoms with van der Waals surface area (Å²) in [5.41, 5.74) is 6.63. The van der Waals surface area contributed by atoms with E-state index in [1.807, 2.05) is 6.07 Å². The van der Waals surface area contributed by atoms with Gasteiger partial charge >= 0.3 is 0 Å². The number of methoxy groups -OCH3 is 2. The van der Waals surface area contributed by atoms with E-state index in [1.54, 1.807) is 33.3 Å². The second-order valence-electron chi connectivity index (χ2n) is 3.38. The Bertz CT molecular complexity index is 331. The molecule has 0 aliphatic rings. The van der Waals surface area contributed by atoms with Gasteiger partial charge in [0, 0.05) is 0 Å². The highest BCUT2D eigenvalue weighted by molar-refractivity contribution is 5.85. The minimum absolute atomic E-state index is 0. The van der Waals surface area contributed by atoms with Crippen LogP contribution in [0.1, 0.15) is 18.5 Å². The SMILES string of the molecule is COc1ccc([C@@H](N)[C@H](C)O)cc1OC.Cl. The van der Waals surface area contributed by atoms with E-state index in [-0.39, 0.29) is 12.4 Å². The van der Waals surface area contributed by atoms with Crippen molar-refractivity contribution in [2.24, 2.45) is 5.73 Å². The van der Waals surface area contributed by atoms with Gasteiger partial charge in [-0.2, -0.15) is 0 Å². The number of hydrogen-bond donors (Lipinski definition) is 2. The van der Waals surface area contributed by atoms with Crippen LogP contribution in [0, 0.1) is 0 Å². The third-order valence-corrected chi connectivity index (χ3v) is 2.31. The first-order chi connectivity index (χ1) is 7.10. The molecule has 0 saturated carbocycles. The Balaban J connectivity index is 0.00000225. The number of hydrogen-bond acceptors (Lipinski definition) is 4. The Morgan fingerprint density at radius 3 is 2.19 bits per heavy atom. The number of ether oxygens (including phenoxy) is 2. The molecular formula is C11H18ClNO3. The van der Waals surface area contributed by atoms with Crippen LogP contribution in [0.3, 0.4) is 0 Å². The molecule has 16 heavy (non-hydrogen) atoms. The summed E-state index contributed by atoms with van der Waals surface area (Å²) in [7, 11) is 3.14. The number of aliphatic hydroxyl groups excluding tert-OH is 1. The maximum Gasteiger partial charge on any atom is 0.161 e. The van der Waals surface area contributed by atoms with Crippen LogP contribution < -0.4 is 15.2 Å². The molecule has 5 heteroatoms. The average Bonchev–Trinajstić information content (AvgIpc) is 2.26. The van der Waals surface area contributed by atoms with Crippen molar-refractivity contribution < 1.29 is 14.6 Å². The zero-order valence-electron chi connectivity index (χ0n) is 9.64. The summed E-state index contributed by atoms with van der Waals surface area (Å²) in [5.74, 6) is 1.27. The van der Waals surface area contributed by atoms with Crippen molar-refractivity contribution >= 4 is 12.4 Å². The monoisotopic (exact) mass is 247 g/mol. The van der Waals surface area contributed by atoms with E-state index in [2.05, 4.69) is 0 Å². The van der Waals surface area contributed by atoms with Gasteiger partial charge in [-0.1, -0.05) is 6.07 Å². The molecule has 4 nitrogen and oxygen atoms in total. The molecular weight excluding hydrogens is 230 g/mol. The fraction of sp³-hybridized carbons (Fsp3) is 0.455. The van der Waals surface area contributed by atoms with E-state index < -0.39 is 12.1 Å². The van der Waals surface area contributed by atoms with Gasteiger partial charge in [-0.25, -0.2) is 0 Å². The summed E-state index contributed by atoms with van der Waals surface area (Å²) in [6, 6.07) is 4.95. The molecule has 1 aromatic rings. The van der Waals surface area contributed by atoms with E-state index in [9.17, 15) is 5.11 Å². The number of nitrogens with two attached hydrogens (primary N) is 1. The fourth-order valence-electron chi connectivity index (χ4n) is 1.34. The standard InChI is InChI=1S/C11H17NO3.ClH/c1-7(13)11(12)8-4-5-9(14-2)10(6-8)15-3;/h4-7,11,13H,12H2,1-3H3;1H/t7-,11-;/m0./s1. The quantitative estimate of drug-likeness (QED) is 0.847. The lowest BCUT2D eigenvalue weighted by atomic mass is 10.0. The number of aliphatic hydroxyl groups is 1. The second-order valence-corrected chi connectivity index (χ2v) is 3.38. The van der Waals surface area contributed by atoms with Crippen LogP contribution in [-0.2, 0) is 0 Å². The van der Waals surface area contributed by atoms with Crippen molar-refractivity contribution in [3.8, 4) is 11.5 Å². The minimum atomic E-state index is -0.594. The van der Waals surface area contributed by atoms with Crippen molar-refractivity contribution in [1.82, 2.24) is 0 Å². The van der Waals surface area contributed by atoms with Crippen molar-refractivity contribution in [2.75, 3.05) is 14.2 Å². The third-order valence-electron chi connectivity index (χ3n) is 2.31. The molecule has 0 fully saturated rings. The zero-order chi connectivity index (χ0) is 11.4. The Kier molecular flexibility index (Phi) is 6.18. The molecule has 1 rings (SSSR count). The molecule has 0 amide bonds. The highest BCUT2D eigenvalue weighted by Gasteiger charge is 2.14. The molecule has 0 heterocycles. The summed E-state index contributed by atoms with van der Waals surface area (Å²) in [6.45, 7) is 1.65. The first kappa shape index (κ1) is 15.0. The third kappa shape index (κ3) is 3.27. The Hall–Kier alpha value is -0.970. The maximum atomic E-state index is 9.37. The van der Waals surface area contributed by atoms with Crippen LogP contribution in [0.25, 0.3) is 0 Å². The molecule has 0 spiro atoms. The first-order valence-electron chi connectivity index (χ1n) is 4.75. The lowest BCUT2D eigenvalue weighted by Gasteiger charge is -2.17. The predicted octanol–water partition coefficient (Wildman–Crippen LogP) is 1.51. The van der Waals surface area contributed by atoms with E-state index >= 15 is 0 Å². The van der Waals surface area contributed by atoms with E-state index in [1.165, 1.54) is 0 Å². The molecule has 2 atom stereocenters. The normalized spacial score (nSPS) is 13.6. The molecule has 0 unspecified atom stereocenters. The molecule has 0 aliphatic carbocycles. The van der Waals surface area contributed by atoms with E-state index in [0.717, 1.165) is 5.56 Å². The van der Waals surface area contributed by atoms with Gasteiger partial charge in [-0.05, 0) is 24.6 Å². The smallest absolute Gasteiger partial charge is 0.161 e. The lowest BCUT2D eigenvalue weighted by molar-refractivity contribution is 0.164. The van der Waals surface area contributed by atoms with Gasteiger partial charge in [0.15, 0.2) is 11.5 Å². The molecule has 0 radical (unpaired) electrons. The molecule has 0 aliphatic heterocycles. The van der Waals surface area contributed by atoms with Gasteiger partial charge < -0.3 is 20.3 Å². The Labute approximate surface area is 102 Å². The van der Waals surface area contributed by atoms with Crippen LogP contribution in [-0.4, -0.2) is 25.4 Å². The summed E-state index contributed by atoms with van der Waals surface area (Å²) < 4.78 is 10.2. The van der Waals surface area contributed by atoms with Gasteiger partial charge in [0.25, 0.3) is 0 Å². The van der Waals surface area contributed by atoms with E-state index in [4.69, 9.17) is 15.2 Å². The van der Waals surface area contributed by atoms with Crippen LogP contribution in [0.5, 0.6) is 11.5 Å². The Morgan fingerprint density at radius 1 is 1.19 bits per heavy atom. The van der Waals surface area contributed by atoms with Crippen LogP contribution in [0.4, 0.5) is 0 Å². The largest absolute Gasteiger partial charge is 0.493 e. The van der Waals surface area contributed by atoms with Crippen molar-refractivity contribution in [1.29, 1.82) is 0 Å². The van der Waals surface area contributed by atoms with Gasteiger partial charge in [0.1, 0.15) is 0 Å². The topological polar surface area (TPSA) is 64.7 Å². The summed E-state index contributed by atoms with van der Waals surface area (Å²) in [6.07, 6.45) is -0.594. The van der Waals surface area contributed by atoms with Crippen LogP contribution in [0.15, 0.2) is 18.2 Å². The highest BCUT2D eigenvalue weighted by Crippen LogP contribution is 2.30. The fourth-order valence-corrected chi connectivity index (χ4v) is 1.34. The summed E-state index contributed by atoms with van der Waals surface area (Å²) in [4.78, 5) is 0. The van der Waals surface area contributed by atoms with Crippen molar-refractivity contribution in [2.45, 2.75) is 19.1 Å². The summed E-state index contributed by atoms with van der Waals surface area (Å²) >= 11 is 0. The van der Waals surface area contributed by atoms with Crippen LogP contribution in [0.2, 0.25) is 0 Å². The summed E-state index contributed by atoms with van der Waals surface area (Å²) in [5, 5.41) is 9.37. The molecule has 0 aromatic heterocycles. The predicted molar refractivity (Wildman–Crippen MR) is 65.4 cm³/mol. The van der Waals surface area contributed by atoms with Gasteiger partial charge in [0.2, 0.25) is 0 Å². The first-order valence-corrected chi connectivity index (χ1v) is 4.75. The maximum absolute atomic E-state index is 9.37. The van der Waals surface area contributed by atoms with Crippen LogP contribution >= 0.6 is 12.4 Å². The number of halogens is 1. The molecule has 3 N–H and O–H groups in total. The average molecular weight is 248 g/mol. The van der Waals surface area contributed by atoms with Gasteiger partial charge in [-0.15, -0.1) is 12.4 Å². The second kappa shape index (κ2) is 6.58. The molecule has 1 aromatic carbocycles. The number of rotatable bonds is 4. The van der Waals surface area contributed by atoms with E-state index in [0.29, 0.717) is 11.5 Å². The lowest BCUT2D eigenvalue weighted by Crippen LogP contribution is -2.23. The highest BCUT2D eigenvalue weighted by atomic mass is 35.5. The molecule has 0 saturated heterocycles. The zero-order valence-corrected chi connectivity index (χ0v) is 10.5. The van der Waals surface area contributed by atoms with Gasteiger partial charge in [-0.3, -0.25) is 0 Å². The minimum Gasteiger partial charge on any atom is -0.493 e. The molecule has 0 bridgehead atoms.